The Morgan fingerprint density at radius 3 is 1.28 bits per heavy atom. The molecule has 24 heteroatoms. The fraction of sp³-hybridized carbons (Fsp3) is 0.638. The van der Waals surface area contributed by atoms with Crippen molar-refractivity contribution in [3.05, 3.63) is 60.2 Å². The highest BCUT2D eigenvalue weighted by atomic mass is 28.6. The molecule has 6 aliphatic heterocycles. The molecule has 8 bridgehead atoms. The lowest BCUT2D eigenvalue weighted by Gasteiger charge is -2.66. The van der Waals surface area contributed by atoms with Gasteiger partial charge in [0.25, 0.3) is 0 Å². The Morgan fingerprint density at radius 1 is 0.493 bits per heavy atom. The zero-order chi connectivity index (χ0) is 51.2. The summed E-state index contributed by atoms with van der Waals surface area (Å²) in [4.78, 5) is 13.3. The van der Waals surface area contributed by atoms with E-state index in [1.165, 1.54) is 37.9 Å². The first-order valence-electron chi connectivity index (χ1n) is 25.9. The zero-order valence-corrected chi connectivity index (χ0v) is 52.0. The summed E-state index contributed by atoms with van der Waals surface area (Å²) in [7, 11) is -32.4. The Balaban J connectivity index is 0.963. The van der Waals surface area contributed by atoms with Crippen molar-refractivity contribution in [2.24, 2.45) is 0 Å². The highest BCUT2D eigenvalue weighted by Gasteiger charge is 2.85. The Labute approximate surface area is 428 Å². The molecule has 6 saturated heterocycles. The van der Waals surface area contributed by atoms with E-state index in [-0.39, 0.29) is 70.4 Å². The van der Waals surface area contributed by atoms with Crippen molar-refractivity contribution in [2.75, 3.05) is 19.8 Å². The van der Waals surface area contributed by atoms with Crippen molar-refractivity contribution in [1.82, 2.24) is 0 Å². The third kappa shape index (κ3) is 9.53. The lowest BCUT2D eigenvalue weighted by molar-refractivity contribution is -0.154. The molecule has 392 valence electrons. The van der Waals surface area contributed by atoms with Crippen LogP contribution in [0.4, 0.5) is 0 Å². The standard InChI is InChI=1S/C47H76O16Si8/c1-32(2)65-52-64(29-17-28-50-31-43(30-48)51-45(49)21-16-18-39-22-23-42-25-24-40-19-15-20-41-26-27-44(39)47(42)46(40)41)53-66(33(3)4)57-68(55-65,35(7)8)61-71(38(13)14)62-69(56-65,36(9)10)58-67(54-64,34(5)6)60-70(59-66,63-71)37(11)12/h15,19-20,22-27,32-38,43,48H,16-18,21,28-31H2,1-14H3. The van der Waals surface area contributed by atoms with Gasteiger partial charge in [0.2, 0.25) is 0 Å². The van der Waals surface area contributed by atoms with Crippen LogP contribution < -0.4 is 0 Å². The molecule has 4 aromatic rings. The number of carbonyl (C=O) groups excluding carboxylic acids is 1. The van der Waals surface area contributed by atoms with Crippen LogP contribution in [0.3, 0.4) is 0 Å². The van der Waals surface area contributed by atoms with E-state index in [2.05, 4.69) is 54.6 Å². The van der Waals surface area contributed by atoms with Crippen molar-refractivity contribution >= 4 is 109 Å². The summed E-state index contributed by atoms with van der Waals surface area (Å²) in [6.45, 7) is 28.2. The third-order valence-corrected chi connectivity index (χ3v) is 52.9. The fourth-order valence-corrected chi connectivity index (χ4v) is 64.1. The Kier molecular flexibility index (Phi) is 15.2. The molecule has 0 aliphatic carbocycles. The number of benzene rings is 4. The highest BCUT2D eigenvalue weighted by Crippen LogP contribution is 2.59. The van der Waals surface area contributed by atoms with Crippen molar-refractivity contribution in [3.63, 3.8) is 0 Å². The summed E-state index contributed by atoms with van der Waals surface area (Å²) in [6, 6.07) is 19.7. The van der Waals surface area contributed by atoms with Gasteiger partial charge >= 0.3 is 76.4 Å². The van der Waals surface area contributed by atoms with Crippen molar-refractivity contribution in [1.29, 1.82) is 0 Å². The second-order valence-corrected chi connectivity index (χ2v) is 50.3. The van der Waals surface area contributed by atoms with Crippen LogP contribution in [0, 0.1) is 0 Å². The molecule has 4 aromatic carbocycles. The molecule has 6 aliphatic rings. The minimum Gasteiger partial charge on any atom is -0.457 e. The molecule has 0 aromatic heterocycles. The molecule has 71 heavy (non-hydrogen) atoms. The van der Waals surface area contributed by atoms with Crippen LogP contribution in [0.15, 0.2) is 54.6 Å². The second-order valence-electron chi connectivity index (χ2n) is 22.1. The van der Waals surface area contributed by atoms with Gasteiger partial charge in [-0.1, -0.05) is 152 Å². The molecule has 6 heterocycles. The van der Waals surface area contributed by atoms with E-state index in [1.807, 2.05) is 96.9 Å². The maximum atomic E-state index is 13.3. The van der Waals surface area contributed by atoms with Crippen LogP contribution in [0.1, 0.15) is 122 Å². The monoisotopic (exact) mass is 1120 g/mol. The summed E-state index contributed by atoms with van der Waals surface area (Å²) in [5, 5.41) is 17.7. The molecule has 10 rings (SSSR count). The molecule has 1 N–H and O–H groups in total. The predicted molar refractivity (Wildman–Crippen MR) is 285 cm³/mol. The molecular formula is C47H76O16Si8. The van der Waals surface area contributed by atoms with E-state index in [1.54, 1.807) is 0 Å². The summed E-state index contributed by atoms with van der Waals surface area (Å²) in [5.74, 6) is -0.389. The van der Waals surface area contributed by atoms with Crippen LogP contribution in [0.2, 0.25) is 44.8 Å². The predicted octanol–water partition coefficient (Wildman–Crippen LogP) is 10.9. The largest absolute Gasteiger partial charge is 0.481 e. The van der Waals surface area contributed by atoms with E-state index < -0.39 is 83.1 Å². The SMILES string of the molecule is CC(C)[Si]12O[Si]3(CCCOCC(CO)OC(=O)CCCc4ccc5ccc6cccc7ccc4c5c67)O[Si]4(C(C)C)O[Si](C(C)C)(O1)O[Si]1(C(C)C)O[Si](C(C)C)(O2)O[Si](C(C)C)(O3)O[Si](C(C)C)(O4)O1. The molecule has 1 unspecified atom stereocenters. The average Bonchev–Trinajstić information content (AvgIpc) is 3.26. The number of carbonyl (C=O) groups is 1. The first-order valence-corrected chi connectivity index (χ1v) is 40.4. The minimum absolute atomic E-state index is 0.0138. The molecular weight excluding hydrogens is 1050 g/mol. The molecule has 0 saturated carbocycles. The molecule has 0 radical (unpaired) electrons. The number of aryl methyl sites for hydroxylation is 1. The number of aliphatic hydroxyl groups excluding tert-OH is 1. The first-order chi connectivity index (χ1) is 33.4. The zero-order valence-electron chi connectivity index (χ0n) is 44.0. The van der Waals surface area contributed by atoms with Gasteiger partial charge in [-0.05, 0) is 57.1 Å². The smallest absolute Gasteiger partial charge is 0.457 e. The number of ether oxygens (including phenoxy) is 2. The molecule has 16 nitrogen and oxygen atoms in total. The Morgan fingerprint density at radius 2 is 0.873 bits per heavy atom. The normalized spacial score (nSPS) is 34.5. The summed E-state index contributed by atoms with van der Waals surface area (Å²) in [5.41, 5.74) is -1.08. The van der Waals surface area contributed by atoms with Gasteiger partial charge < -0.3 is 64.0 Å². The minimum atomic E-state index is -4.16. The number of hydrogen-bond donors (Lipinski definition) is 1. The first kappa shape index (κ1) is 54.4. The fourth-order valence-electron chi connectivity index (χ4n) is 9.97. The Bertz CT molecular complexity index is 2410. The third-order valence-electron chi connectivity index (χ3n) is 14.4. The van der Waals surface area contributed by atoms with E-state index in [4.69, 9.17) is 58.9 Å². The van der Waals surface area contributed by atoms with E-state index in [0.29, 0.717) is 19.3 Å². The van der Waals surface area contributed by atoms with Gasteiger partial charge in [-0.2, -0.15) is 0 Å². The van der Waals surface area contributed by atoms with Gasteiger partial charge in [0.15, 0.2) is 0 Å². The van der Waals surface area contributed by atoms with Crippen molar-refractivity contribution in [3.8, 4) is 0 Å². The number of hydrogen-bond acceptors (Lipinski definition) is 16. The number of aliphatic hydroxyl groups is 1. The van der Waals surface area contributed by atoms with Gasteiger partial charge in [-0.3, -0.25) is 4.79 Å². The summed E-state index contributed by atoms with van der Waals surface area (Å²) >= 11 is 0. The topological polar surface area (TPSA) is 167 Å². The van der Waals surface area contributed by atoms with E-state index in [0.717, 1.165) is 0 Å². The number of esters is 1. The summed E-state index contributed by atoms with van der Waals surface area (Å²) in [6.07, 6.45) is 1.03. The molecule has 0 spiro atoms. The van der Waals surface area contributed by atoms with Gasteiger partial charge in [0.1, 0.15) is 6.10 Å². The van der Waals surface area contributed by atoms with Crippen LogP contribution in [0.25, 0.3) is 32.3 Å². The summed E-state index contributed by atoms with van der Waals surface area (Å²) < 4.78 is 104. The van der Waals surface area contributed by atoms with Crippen molar-refractivity contribution < 1.29 is 68.8 Å². The van der Waals surface area contributed by atoms with E-state index in [9.17, 15) is 9.90 Å². The van der Waals surface area contributed by atoms with E-state index >= 15 is 0 Å². The van der Waals surface area contributed by atoms with Gasteiger partial charge in [-0.25, -0.2) is 0 Å². The maximum absolute atomic E-state index is 13.3. The molecule has 1 atom stereocenters. The quantitative estimate of drug-likeness (QED) is 0.0407. The molecule has 0 amide bonds. The Hall–Kier alpha value is -1.43. The van der Waals surface area contributed by atoms with Gasteiger partial charge in [-0.15, -0.1) is 0 Å². The lowest BCUT2D eigenvalue weighted by Crippen LogP contribution is -2.90. The number of rotatable bonds is 19. The van der Waals surface area contributed by atoms with Crippen LogP contribution in [-0.4, -0.2) is 107 Å². The maximum Gasteiger partial charge on any atom is 0.481 e. The van der Waals surface area contributed by atoms with Gasteiger partial charge in [0, 0.05) is 57.9 Å². The van der Waals surface area contributed by atoms with Crippen molar-refractivity contribution in [2.45, 2.75) is 174 Å². The van der Waals surface area contributed by atoms with Crippen LogP contribution >= 0.6 is 0 Å². The lowest BCUT2D eigenvalue weighted by atomic mass is 9.90. The van der Waals surface area contributed by atoms with Gasteiger partial charge in [0.05, 0.1) is 13.2 Å². The average molecular weight is 1120 g/mol. The highest BCUT2D eigenvalue weighted by molar-refractivity contribution is 7.04. The molecule has 6 fully saturated rings. The van der Waals surface area contributed by atoms with Crippen LogP contribution in [0.5, 0.6) is 0 Å². The van der Waals surface area contributed by atoms with Crippen LogP contribution in [-0.2, 0) is 70.1 Å². The second kappa shape index (κ2) is 19.9.